The zero-order valence-corrected chi connectivity index (χ0v) is 13.7. The van der Waals surface area contributed by atoms with E-state index in [4.69, 9.17) is 0 Å². The number of carboxylic acid groups (broad SMARTS) is 1. The maximum Gasteiger partial charge on any atom is 0.324 e. The molecule has 1 N–H and O–H groups in total. The first-order chi connectivity index (χ1) is 9.17. The van der Waals surface area contributed by atoms with Crippen molar-refractivity contribution in [3.8, 4) is 0 Å². The summed E-state index contributed by atoms with van der Waals surface area (Å²) < 4.78 is 0. The third-order valence-corrected chi connectivity index (χ3v) is 5.11. The molecule has 2 fully saturated rings. The van der Waals surface area contributed by atoms with Gasteiger partial charge in [-0.05, 0) is 56.0 Å². The standard InChI is InChI=1S/C17H31NO2/c1-15(2)11-16(3,4)13-17(12-15,14(19)20)18-9-7-5-6-8-10-18/h5-13H2,1-4H3,(H,19,20). The Kier molecular flexibility index (Phi) is 4.21. The second kappa shape index (κ2) is 5.32. The van der Waals surface area contributed by atoms with Crippen LogP contribution in [0.4, 0.5) is 0 Å². The lowest BCUT2D eigenvalue weighted by atomic mass is 9.58. The maximum absolute atomic E-state index is 12.2. The third kappa shape index (κ3) is 3.19. The summed E-state index contributed by atoms with van der Waals surface area (Å²) in [7, 11) is 0. The van der Waals surface area contributed by atoms with Crippen molar-refractivity contribution >= 4 is 5.97 Å². The number of aliphatic carboxylic acids is 1. The van der Waals surface area contributed by atoms with Gasteiger partial charge in [0.2, 0.25) is 0 Å². The molecule has 0 atom stereocenters. The second-order valence-electron chi connectivity index (χ2n) is 8.60. The van der Waals surface area contributed by atoms with Crippen molar-refractivity contribution < 1.29 is 9.90 Å². The van der Waals surface area contributed by atoms with Crippen LogP contribution in [0.15, 0.2) is 0 Å². The molecule has 1 aliphatic carbocycles. The summed E-state index contributed by atoms with van der Waals surface area (Å²) in [6.07, 6.45) is 7.49. The highest BCUT2D eigenvalue weighted by Crippen LogP contribution is 2.52. The van der Waals surface area contributed by atoms with Gasteiger partial charge >= 0.3 is 5.97 Å². The minimum Gasteiger partial charge on any atom is -0.480 e. The highest BCUT2D eigenvalue weighted by molar-refractivity contribution is 5.79. The highest BCUT2D eigenvalue weighted by atomic mass is 16.4. The summed E-state index contributed by atoms with van der Waals surface area (Å²) in [5.74, 6) is -0.597. The van der Waals surface area contributed by atoms with Crippen molar-refractivity contribution in [1.29, 1.82) is 0 Å². The van der Waals surface area contributed by atoms with Crippen LogP contribution in [0, 0.1) is 10.8 Å². The summed E-state index contributed by atoms with van der Waals surface area (Å²) in [6, 6.07) is 0. The SMILES string of the molecule is CC1(C)CC(C)(C)CC(C(=O)O)(N2CCCCCC2)C1. The fourth-order valence-electron chi connectivity index (χ4n) is 5.08. The fourth-order valence-corrected chi connectivity index (χ4v) is 5.08. The van der Waals surface area contributed by atoms with Gasteiger partial charge in [-0.15, -0.1) is 0 Å². The van der Waals surface area contributed by atoms with Gasteiger partial charge in [-0.1, -0.05) is 40.5 Å². The average molecular weight is 281 g/mol. The molecule has 1 aliphatic heterocycles. The topological polar surface area (TPSA) is 40.5 Å². The molecule has 20 heavy (non-hydrogen) atoms. The Bertz CT molecular complexity index is 349. The van der Waals surface area contributed by atoms with Gasteiger partial charge < -0.3 is 5.11 Å². The molecule has 1 saturated carbocycles. The molecule has 3 heteroatoms. The van der Waals surface area contributed by atoms with E-state index >= 15 is 0 Å². The van der Waals surface area contributed by atoms with Gasteiger partial charge in [-0.3, -0.25) is 9.69 Å². The summed E-state index contributed by atoms with van der Waals surface area (Å²) in [4.78, 5) is 14.5. The Labute approximate surface area is 123 Å². The summed E-state index contributed by atoms with van der Waals surface area (Å²) in [5, 5.41) is 10.1. The number of hydrogen-bond donors (Lipinski definition) is 1. The van der Waals surface area contributed by atoms with Gasteiger partial charge in [-0.2, -0.15) is 0 Å². The molecule has 0 bridgehead atoms. The minimum atomic E-state index is -0.643. The number of rotatable bonds is 2. The van der Waals surface area contributed by atoms with Gasteiger partial charge in [0.25, 0.3) is 0 Å². The first kappa shape index (κ1) is 15.8. The Hall–Kier alpha value is -0.570. The van der Waals surface area contributed by atoms with E-state index < -0.39 is 11.5 Å². The van der Waals surface area contributed by atoms with E-state index in [1.54, 1.807) is 0 Å². The maximum atomic E-state index is 12.2. The van der Waals surface area contributed by atoms with E-state index in [0.29, 0.717) is 0 Å². The van der Waals surface area contributed by atoms with Gasteiger partial charge in [0.15, 0.2) is 0 Å². The molecule has 0 aromatic rings. The fraction of sp³-hybridized carbons (Fsp3) is 0.941. The molecule has 2 aliphatic rings. The largest absolute Gasteiger partial charge is 0.480 e. The number of carbonyl (C=O) groups is 1. The molecule has 0 aromatic carbocycles. The van der Waals surface area contributed by atoms with Crippen LogP contribution in [-0.4, -0.2) is 34.6 Å². The molecule has 1 saturated heterocycles. The van der Waals surface area contributed by atoms with Crippen LogP contribution in [0.2, 0.25) is 0 Å². The summed E-state index contributed by atoms with van der Waals surface area (Å²) in [5.41, 5.74) is -0.436. The van der Waals surface area contributed by atoms with Gasteiger partial charge in [0.1, 0.15) is 5.54 Å². The molecule has 0 spiro atoms. The zero-order valence-electron chi connectivity index (χ0n) is 13.7. The smallest absolute Gasteiger partial charge is 0.324 e. The van der Waals surface area contributed by atoms with Crippen molar-refractivity contribution in [3.05, 3.63) is 0 Å². The quantitative estimate of drug-likeness (QED) is 0.834. The van der Waals surface area contributed by atoms with E-state index in [9.17, 15) is 9.90 Å². The van der Waals surface area contributed by atoms with Gasteiger partial charge in [-0.25, -0.2) is 0 Å². The Balaban J connectivity index is 2.35. The van der Waals surface area contributed by atoms with E-state index in [2.05, 4.69) is 32.6 Å². The number of likely N-dealkylation sites (tertiary alicyclic amines) is 1. The number of carboxylic acids is 1. The zero-order chi connectivity index (χ0) is 15.0. The van der Waals surface area contributed by atoms with Crippen LogP contribution in [-0.2, 0) is 4.79 Å². The molecule has 0 radical (unpaired) electrons. The third-order valence-electron chi connectivity index (χ3n) is 5.11. The normalized spacial score (nSPS) is 29.6. The Morgan fingerprint density at radius 3 is 1.70 bits per heavy atom. The van der Waals surface area contributed by atoms with Crippen molar-refractivity contribution in [1.82, 2.24) is 4.90 Å². The average Bonchev–Trinajstić information content (AvgIpc) is 2.52. The predicted molar refractivity (Wildman–Crippen MR) is 81.8 cm³/mol. The molecule has 0 amide bonds. The second-order valence-corrected chi connectivity index (χ2v) is 8.60. The van der Waals surface area contributed by atoms with Crippen molar-refractivity contribution in [2.75, 3.05) is 13.1 Å². The number of hydrogen-bond acceptors (Lipinski definition) is 2. The molecular weight excluding hydrogens is 250 g/mol. The minimum absolute atomic E-state index is 0.104. The van der Waals surface area contributed by atoms with Crippen molar-refractivity contribution in [2.45, 2.75) is 78.2 Å². The molecule has 2 rings (SSSR count). The Morgan fingerprint density at radius 2 is 1.30 bits per heavy atom. The predicted octanol–water partition coefficient (Wildman–Crippen LogP) is 3.92. The van der Waals surface area contributed by atoms with Crippen molar-refractivity contribution in [2.24, 2.45) is 10.8 Å². The summed E-state index contributed by atoms with van der Waals surface area (Å²) in [6.45, 7) is 10.9. The monoisotopic (exact) mass is 281 g/mol. The van der Waals surface area contributed by atoms with Gasteiger partial charge in [0, 0.05) is 0 Å². The lowest BCUT2D eigenvalue weighted by Gasteiger charge is -2.54. The van der Waals surface area contributed by atoms with Crippen molar-refractivity contribution in [3.63, 3.8) is 0 Å². The lowest BCUT2D eigenvalue weighted by molar-refractivity contribution is -0.162. The summed E-state index contributed by atoms with van der Waals surface area (Å²) >= 11 is 0. The Morgan fingerprint density at radius 1 is 0.850 bits per heavy atom. The van der Waals surface area contributed by atoms with Crippen LogP contribution in [0.3, 0.4) is 0 Å². The van der Waals surface area contributed by atoms with E-state index in [-0.39, 0.29) is 10.8 Å². The molecule has 0 unspecified atom stereocenters. The molecule has 1 heterocycles. The first-order valence-electron chi connectivity index (χ1n) is 8.16. The van der Waals surface area contributed by atoms with Crippen LogP contribution in [0.5, 0.6) is 0 Å². The lowest BCUT2D eigenvalue weighted by Crippen LogP contribution is -2.61. The van der Waals surface area contributed by atoms with E-state index in [1.807, 2.05) is 0 Å². The van der Waals surface area contributed by atoms with E-state index in [0.717, 1.165) is 45.2 Å². The van der Waals surface area contributed by atoms with Crippen LogP contribution >= 0.6 is 0 Å². The van der Waals surface area contributed by atoms with Crippen LogP contribution in [0.1, 0.15) is 72.6 Å². The molecule has 0 aromatic heterocycles. The highest BCUT2D eigenvalue weighted by Gasteiger charge is 2.54. The van der Waals surface area contributed by atoms with Crippen LogP contribution < -0.4 is 0 Å². The molecule has 116 valence electrons. The van der Waals surface area contributed by atoms with Crippen LogP contribution in [0.25, 0.3) is 0 Å². The van der Waals surface area contributed by atoms with Gasteiger partial charge in [0.05, 0.1) is 0 Å². The molecular formula is C17H31NO2. The first-order valence-corrected chi connectivity index (χ1v) is 8.16. The van der Waals surface area contributed by atoms with E-state index in [1.165, 1.54) is 12.8 Å². The number of nitrogens with zero attached hydrogens (tertiary/aromatic N) is 1. The molecule has 3 nitrogen and oxygen atoms in total.